The topological polar surface area (TPSA) is 116 Å². The Balaban J connectivity index is 0.00000392. The molecule has 1 atom stereocenters. The van der Waals surface area contributed by atoms with Gasteiger partial charge in [0.05, 0.1) is 0 Å². The first kappa shape index (κ1) is 22.7. The number of anilines is 1. The van der Waals surface area contributed by atoms with Crippen LogP contribution in [0.2, 0.25) is 0 Å². The van der Waals surface area contributed by atoms with Crippen molar-refractivity contribution in [2.24, 2.45) is 5.73 Å². The molecule has 0 aliphatic carbocycles. The van der Waals surface area contributed by atoms with Crippen LogP contribution in [0.15, 0.2) is 48.5 Å². The van der Waals surface area contributed by atoms with Gasteiger partial charge in [0.1, 0.15) is 6.04 Å². The first-order valence-electron chi connectivity index (χ1n) is 8.48. The molecule has 7 heteroatoms. The summed E-state index contributed by atoms with van der Waals surface area (Å²) in [6, 6.07) is 13.5. The molecular formula is C21H26N4O3. The molecule has 0 aliphatic rings. The Hall–Kier alpha value is -3.34. The van der Waals surface area contributed by atoms with Gasteiger partial charge in [-0.05, 0) is 49.4 Å². The zero-order valence-corrected chi connectivity index (χ0v) is 15.0. The van der Waals surface area contributed by atoms with Crippen LogP contribution in [0.25, 0.3) is 0 Å². The van der Waals surface area contributed by atoms with Gasteiger partial charge in [-0.3, -0.25) is 14.8 Å². The number of nitrogens with one attached hydrogen (secondary N) is 3. The summed E-state index contributed by atoms with van der Waals surface area (Å²) in [7, 11) is 0. The monoisotopic (exact) mass is 382 g/mol. The van der Waals surface area contributed by atoms with Crippen molar-refractivity contribution < 1.29 is 14.8 Å². The number of rotatable bonds is 6. The van der Waals surface area contributed by atoms with Crippen molar-refractivity contribution >= 4 is 17.5 Å². The Morgan fingerprint density at radius 1 is 1.11 bits per heavy atom. The Morgan fingerprint density at radius 2 is 1.79 bits per heavy atom. The molecule has 2 aromatic rings. The summed E-state index contributed by atoms with van der Waals surface area (Å²) in [6.45, 7) is 2.74. The van der Waals surface area contributed by atoms with Gasteiger partial charge in [-0.1, -0.05) is 25.3 Å². The molecular weight excluding hydrogens is 356 g/mol. The minimum absolute atomic E-state index is 0. The predicted molar refractivity (Wildman–Crippen MR) is 110 cm³/mol. The average molecular weight is 382 g/mol. The molecule has 0 saturated carbocycles. The Morgan fingerprint density at radius 3 is 2.39 bits per heavy atom. The van der Waals surface area contributed by atoms with Gasteiger partial charge in [-0.15, -0.1) is 0 Å². The highest BCUT2D eigenvalue weighted by Crippen LogP contribution is 2.10. The molecule has 0 spiro atoms. The van der Waals surface area contributed by atoms with Gasteiger partial charge in [0.15, 0.2) is 0 Å². The van der Waals surface area contributed by atoms with Crippen LogP contribution >= 0.6 is 0 Å². The molecule has 0 bridgehead atoms. The fraction of sp³-hybridized carbons (Fsp3) is 0.238. The average Bonchev–Trinajstić information content (AvgIpc) is 2.70. The molecule has 0 radical (unpaired) electrons. The van der Waals surface area contributed by atoms with Crippen LogP contribution in [-0.4, -0.2) is 36.2 Å². The number of hydroxylamine groups is 1. The van der Waals surface area contributed by atoms with E-state index in [1.54, 1.807) is 24.3 Å². The van der Waals surface area contributed by atoms with Crippen molar-refractivity contribution in [2.45, 2.75) is 20.4 Å². The number of carbonyl (C=O) groups excluding carboxylic acids is 2. The zero-order chi connectivity index (χ0) is 19.6. The van der Waals surface area contributed by atoms with Crippen molar-refractivity contribution in [3.63, 3.8) is 0 Å². The molecule has 7 nitrogen and oxygen atoms in total. The van der Waals surface area contributed by atoms with E-state index in [-0.39, 0.29) is 14.0 Å². The van der Waals surface area contributed by atoms with Crippen molar-refractivity contribution in [1.29, 1.82) is 0 Å². The van der Waals surface area contributed by atoms with Crippen LogP contribution < -0.4 is 21.8 Å². The molecule has 6 N–H and O–H groups in total. The van der Waals surface area contributed by atoms with E-state index < -0.39 is 17.9 Å². The van der Waals surface area contributed by atoms with Crippen LogP contribution in [0.1, 0.15) is 35.8 Å². The van der Waals surface area contributed by atoms with Crippen molar-refractivity contribution in [3.05, 3.63) is 65.2 Å². The van der Waals surface area contributed by atoms with E-state index in [1.807, 2.05) is 31.2 Å². The predicted octanol–water partition coefficient (Wildman–Crippen LogP) is 1.72. The first-order chi connectivity index (χ1) is 13.1. The van der Waals surface area contributed by atoms with E-state index in [9.17, 15) is 9.59 Å². The van der Waals surface area contributed by atoms with Gasteiger partial charge in [-0.25, -0.2) is 5.48 Å². The second kappa shape index (κ2) is 11.4. The van der Waals surface area contributed by atoms with Crippen LogP contribution in [0.5, 0.6) is 0 Å². The lowest BCUT2D eigenvalue weighted by molar-refractivity contribution is -0.130. The smallest absolute Gasteiger partial charge is 0.267 e. The van der Waals surface area contributed by atoms with Crippen LogP contribution in [-0.2, 0) is 4.79 Å². The second-order valence-electron chi connectivity index (χ2n) is 5.68. The van der Waals surface area contributed by atoms with Crippen molar-refractivity contribution in [2.75, 3.05) is 18.4 Å². The third-order valence-electron chi connectivity index (χ3n) is 3.71. The third kappa shape index (κ3) is 6.43. The maximum atomic E-state index is 12.2. The normalized spacial score (nSPS) is 10.5. The summed E-state index contributed by atoms with van der Waals surface area (Å²) in [5.41, 5.74) is 9.90. The largest absolute Gasteiger partial charge is 0.385 e. The van der Waals surface area contributed by atoms with Gasteiger partial charge >= 0.3 is 0 Å². The highest BCUT2D eigenvalue weighted by Gasteiger charge is 2.19. The Labute approximate surface area is 165 Å². The number of nitrogens with two attached hydrogens (primary N) is 1. The van der Waals surface area contributed by atoms with E-state index in [2.05, 4.69) is 22.5 Å². The molecule has 0 saturated heterocycles. The van der Waals surface area contributed by atoms with Crippen LogP contribution in [0.4, 0.5) is 5.69 Å². The maximum absolute atomic E-state index is 12.2. The van der Waals surface area contributed by atoms with Crippen LogP contribution in [0.3, 0.4) is 0 Å². The molecule has 2 aromatic carbocycles. The van der Waals surface area contributed by atoms with Gasteiger partial charge in [0.25, 0.3) is 11.8 Å². The zero-order valence-electron chi connectivity index (χ0n) is 15.0. The number of hydrogen-bond donors (Lipinski definition) is 5. The summed E-state index contributed by atoms with van der Waals surface area (Å²) < 4.78 is 0. The number of hydrogen-bond acceptors (Lipinski definition) is 5. The lowest BCUT2D eigenvalue weighted by Gasteiger charge is -2.14. The fourth-order valence-corrected chi connectivity index (χ4v) is 2.31. The molecule has 0 heterocycles. The molecule has 2 rings (SSSR count). The number of benzene rings is 2. The van der Waals surface area contributed by atoms with Gasteiger partial charge < -0.3 is 16.4 Å². The summed E-state index contributed by atoms with van der Waals surface area (Å²) in [5.74, 6) is 4.90. The molecule has 2 amide bonds. The summed E-state index contributed by atoms with van der Waals surface area (Å²) in [6.07, 6.45) is 0. The van der Waals surface area contributed by atoms with E-state index >= 15 is 0 Å². The molecule has 0 unspecified atom stereocenters. The minimum Gasteiger partial charge on any atom is -0.385 e. The SMILES string of the molecule is C.CCNc1cccc(C#Cc2ccc(C(=O)N[C@@H](CN)C(=O)NO)cc2)c1. The van der Waals surface area contributed by atoms with E-state index in [0.717, 1.165) is 23.4 Å². The highest BCUT2D eigenvalue weighted by atomic mass is 16.5. The molecule has 28 heavy (non-hydrogen) atoms. The van der Waals surface area contributed by atoms with E-state index in [1.165, 1.54) is 5.48 Å². The Bertz CT molecular complexity index is 854. The molecule has 0 fully saturated rings. The molecule has 0 aromatic heterocycles. The molecule has 0 aliphatic heterocycles. The highest BCUT2D eigenvalue weighted by molar-refractivity contribution is 5.97. The summed E-state index contributed by atoms with van der Waals surface area (Å²) >= 11 is 0. The second-order valence-corrected chi connectivity index (χ2v) is 5.68. The number of carbonyl (C=O) groups is 2. The number of amides is 2. The quantitative estimate of drug-likeness (QED) is 0.296. The Kier molecular flexibility index (Phi) is 9.23. The van der Waals surface area contributed by atoms with Crippen LogP contribution in [0, 0.1) is 11.8 Å². The van der Waals surface area contributed by atoms with E-state index in [4.69, 9.17) is 10.9 Å². The van der Waals surface area contributed by atoms with Gasteiger partial charge in [0, 0.05) is 35.5 Å². The van der Waals surface area contributed by atoms with Gasteiger partial charge in [0.2, 0.25) is 0 Å². The minimum atomic E-state index is -1.01. The summed E-state index contributed by atoms with van der Waals surface area (Å²) in [5, 5.41) is 14.3. The van der Waals surface area contributed by atoms with Gasteiger partial charge in [-0.2, -0.15) is 0 Å². The molecule has 148 valence electrons. The van der Waals surface area contributed by atoms with Crippen molar-refractivity contribution in [1.82, 2.24) is 10.8 Å². The first-order valence-corrected chi connectivity index (χ1v) is 8.48. The fourth-order valence-electron chi connectivity index (χ4n) is 2.31. The lowest BCUT2D eigenvalue weighted by atomic mass is 10.1. The maximum Gasteiger partial charge on any atom is 0.267 e. The lowest BCUT2D eigenvalue weighted by Crippen LogP contribution is -2.50. The van der Waals surface area contributed by atoms with E-state index in [0.29, 0.717) is 5.56 Å². The summed E-state index contributed by atoms with van der Waals surface area (Å²) in [4.78, 5) is 23.5. The van der Waals surface area contributed by atoms with Crippen molar-refractivity contribution in [3.8, 4) is 11.8 Å². The standard InChI is InChI=1S/C20H22N4O3.CH4/c1-2-22-17-5-3-4-15(12-17)7-6-14-8-10-16(11-9-14)19(25)23-18(13-21)20(26)24-27;/h3-5,8-12,18,22,27H,2,13,21H2,1H3,(H,23,25)(H,24,26);1H4/t18-;/m0./s1. The third-order valence-corrected chi connectivity index (χ3v) is 3.71.